The van der Waals surface area contributed by atoms with E-state index in [1.165, 1.54) is 75.5 Å². The lowest BCUT2D eigenvalue weighted by molar-refractivity contribution is 1.29. The average Bonchev–Trinajstić information content (AvgIpc) is 3.62. The third kappa shape index (κ3) is 5.84. The molecule has 1 heterocycles. The number of fused-ring (bicyclic) bond motifs is 4. The minimum absolute atomic E-state index is 1.10. The molecule has 254 valence electrons. The molecule has 0 aliphatic heterocycles. The second kappa shape index (κ2) is 13.7. The Balaban J connectivity index is 1.11. The first-order valence-corrected chi connectivity index (χ1v) is 19.2. The lowest BCUT2D eigenvalue weighted by Crippen LogP contribution is -2.11. The Bertz CT molecular complexity index is 2940. The standard InChI is InChI=1S/C52H35NS/c1-2-14-38(15-3-1)45-19-6-7-20-46(45)47-21-8-10-23-50(47)53(44-31-32-52-49(35-44)48-22-9-11-24-51(48)54-52)43-29-27-37(28-30-43)40-17-12-18-41(33-40)42-26-25-36-13-4-5-16-39(36)34-42/h1-35H. The normalized spacial score (nSPS) is 11.3. The van der Waals surface area contributed by atoms with Gasteiger partial charge >= 0.3 is 0 Å². The van der Waals surface area contributed by atoms with Crippen LogP contribution in [0.2, 0.25) is 0 Å². The first-order valence-electron chi connectivity index (χ1n) is 18.4. The lowest BCUT2D eigenvalue weighted by atomic mass is 9.93. The van der Waals surface area contributed by atoms with Crippen molar-refractivity contribution in [2.45, 2.75) is 0 Å². The number of anilines is 3. The molecule has 0 fully saturated rings. The third-order valence-electron chi connectivity index (χ3n) is 10.5. The minimum Gasteiger partial charge on any atom is -0.310 e. The van der Waals surface area contributed by atoms with Crippen molar-refractivity contribution in [3.8, 4) is 44.5 Å². The summed E-state index contributed by atoms with van der Waals surface area (Å²) in [5.41, 5.74) is 13.0. The van der Waals surface area contributed by atoms with Crippen LogP contribution in [0, 0.1) is 0 Å². The average molecular weight is 706 g/mol. The molecule has 1 aromatic heterocycles. The Labute approximate surface area is 319 Å². The number of para-hydroxylation sites is 1. The number of rotatable bonds is 7. The number of hydrogen-bond donors (Lipinski definition) is 0. The molecule has 0 aliphatic rings. The van der Waals surface area contributed by atoms with Crippen molar-refractivity contribution < 1.29 is 0 Å². The van der Waals surface area contributed by atoms with E-state index in [0.29, 0.717) is 0 Å². The van der Waals surface area contributed by atoms with Crippen LogP contribution in [0.3, 0.4) is 0 Å². The van der Waals surface area contributed by atoms with E-state index in [9.17, 15) is 0 Å². The zero-order valence-corrected chi connectivity index (χ0v) is 30.4. The van der Waals surface area contributed by atoms with Gasteiger partial charge in [0, 0.05) is 37.1 Å². The zero-order chi connectivity index (χ0) is 35.8. The van der Waals surface area contributed by atoms with Crippen molar-refractivity contribution in [3.05, 3.63) is 212 Å². The van der Waals surface area contributed by atoms with E-state index in [1.807, 2.05) is 11.3 Å². The van der Waals surface area contributed by atoms with Gasteiger partial charge in [-0.1, -0.05) is 158 Å². The zero-order valence-electron chi connectivity index (χ0n) is 29.6. The maximum Gasteiger partial charge on any atom is 0.0540 e. The first-order chi connectivity index (χ1) is 26.8. The van der Waals surface area contributed by atoms with Crippen LogP contribution in [0.25, 0.3) is 75.5 Å². The molecule has 0 N–H and O–H groups in total. The van der Waals surface area contributed by atoms with E-state index < -0.39 is 0 Å². The van der Waals surface area contributed by atoms with E-state index in [4.69, 9.17) is 0 Å². The second-order valence-corrected chi connectivity index (χ2v) is 14.8. The summed E-state index contributed by atoms with van der Waals surface area (Å²) in [6.07, 6.45) is 0. The van der Waals surface area contributed by atoms with Gasteiger partial charge in [0.1, 0.15) is 0 Å². The Morgan fingerprint density at radius 2 is 0.889 bits per heavy atom. The van der Waals surface area contributed by atoms with Gasteiger partial charge < -0.3 is 4.90 Å². The molecule has 2 heteroatoms. The fraction of sp³-hybridized carbons (Fsp3) is 0. The molecular weight excluding hydrogens is 671 g/mol. The predicted octanol–water partition coefficient (Wildman–Crippen LogP) is 15.3. The van der Waals surface area contributed by atoms with Gasteiger partial charge in [0.15, 0.2) is 0 Å². The molecule has 0 amide bonds. The number of hydrogen-bond acceptors (Lipinski definition) is 2. The maximum atomic E-state index is 2.43. The molecule has 0 saturated carbocycles. The van der Waals surface area contributed by atoms with Crippen LogP contribution >= 0.6 is 11.3 Å². The van der Waals surface area contributed by atoms with E-state index in [1.54, 1.807) is 0 Å². The van der Waals surface area contributed by atoms with Gasteiger partial charge in [-0.25, -0.2) is 0 Å². The molecule has 0 saturated heterocycles. The van der Waals surface area contributed by atoms with Crippen LogP contribution in [-0.2, 0) is 0 Å². The van der Waals surface area contributed by atoms with Crippen LogP contribution in [0.5, 0.6) is 0 Å². The van der Waals surface area contributed by atoms with Gasteiger partial charge in [0.05, 0.1) is 5.69 Å². The quantitative estimate of drug-likeness (QED) is 0.160. The first kappa shape index (κ1) is 32.0. The largest absolute Gasteiger partial charge is 0.310 e. The highest BCUT2D eigenvalue weighted by Gasteiger charge is 2.20. The van der Waals surface area contributed by atoms with Crippen molar-refractivity contribution in [2.24, 2.45) is 0 Å². The third-order valence-corrected chi connectivity index (χ3v) is 11.6. The Kier molecular flexibility index (Phi) is 8.09. The molecule has 0 unspecified atom stereocenters. The summed E-state index contributed by atoms with van der Waals surface area (Å²) in [4.78, 5) is 2.43. The Hall–Kier alpha value is -6.74. The summed E-state index contributed by atoms with van der Waals surface area (Å²) < 4.78 is 2.60. The molecule has 10 aromatic rings. The van der Waals surface area contributed by atoms with Crippen LogP contribution in [0.15, 0.2) is 212 Å². The van der Waals surface area contributed by atoms with Gasteiger partial charge in [0.25, 0.3) is 0 Å². The Morgan fingerprint density at radius 3 is 1.74 bits per heavy atom. The van der Waals surface area contributed by atoms with E-state index >= 15 is 0 Å². The van der Waals surface area contributed by atoms with E-state index in [-0.39, 0.29) is 0 Å². The van der Waals surface area contributed by atoms with Crippen molar-refractivity contribution in [2.75, 3.05) is 4.90 Å². The summed E-state index contributed by atoms with van der Waals surface area (Å²) in [5.74, 6) is 0. The Morgan fingerprint density at radius 1 is 0.296 bits per heavy atom. The van der Waals surface area contributed by atoms with Gasteiger partial charge in [-0.05, 0) is 104 Å². The molecule has 0 radical (unpaired) electrons. The van der Waals surface area contributed by atoms with Gasteiger partial charge in [-0.15, -0.1) is 11.3 Å². The summed E-state index contributed by atoms with van der Waals surface area (Å²) in [7, 11) is 0. The molecular formula is C52H35NS. The maximum absolute atomic E-state index is 2.43. The fourth-order valence-electron chi connectivity index (χ4n) is 7.81. The summed E-state index contributed by atoms with van der Waals surface area (Å²) in [5, 5.41) is 5.09. The molecule has 54 heavy (non-hydrogen) atoms. The van der Waals surface area contributed by atoms with Crippen LogP contribution in [0.4, 0.5) is 17.1 Å². The molecule has 1 nitrogen and oxygen atoms in total. The number of nitrogens with zero attached hydrogens (tertiary/aromatic N) is 1. The molecule has 10 rings (SSSR count). The van der Waals surface area contributed by atoms with Crippen molar-refractivity contribution in [3.63, 3.8) is 0 Å². The second-order valence-electron chi connectivity index (χ2n) is 13.7. The highest BCUT2D eigenvalue weighted by Crippen LogP contribution is 2.46. The fourth-order valence-corrected chi connectivity index (χ4v) is 8.90. The molecule has 0 spiro atoms. The number of thiophene rings is 1. The van der Waals surface area contributed by atoms with E-state index in [2.05, 4.69) is 217 Å². The lowest BCUT2D eigenvalue weighted by Gasteiger charge is -2.28. The van der Waals surface area contributed by atoms with Crippen molar-refractivity contribution in [1.29, 1.82) is 0 Å². The molecule has 0 aliphatic carbocycles. The van der Waals surface area contributed by atoms with Gasteiger partial charge in [-0.2, -0.15) is 0 Å². The molecule has 0 atom stereocenters. The smallest absolute Gasteiger partial charge is 0.0540 e. The van der Waals surface area contributed by atoms with Crippen LogP contribution in [-0.4, -0.2) is 0 Å². The highest BCUT2D eigenvalue weighted by atomic mass is 32.1. The highest BCUT2D eigenvalue weighted by molar-refractivity contribution is 7.25. The monoisotopic (exact) mass is 705 g/mol. The summed E-state index contributed by atoms with van der Waals surface area (Å²) in [6, 6.07) is 77.2. The summed E-state index contributed by atoms with van der Waals surface area (Å²) >= 11 is 1.85. The van der Waals surface area contributed by atoms with Crippen LogP contribution < -0.4 is 4.90 Å². The predicted molar refractivity (Wildman–Crippen MR) is 233 cm³/mol. The van der Waals surface area contributed by atoms with Crippen molar-refractivity contribution >= 4 is 59.3 Å². The van der Waals surface area contributed by atoms with Crippen molar-refractivity contribution in [1.82, 2.24) is 0 Å². The minimum atomic E-state index is 1.10. The molecule has 0 bridgehead atoms. The van der Waals surface area contributed by atoms with E-state index in [0.717, 1.165) is 17.1 Å². The van der Waals surface area contributed by atoms with Crippen LogP contribution in [0.1, 0.15) is 0 Å². The van der Waals surface area contributed by atoms with Gasteiger partial charge in [0.2, 0.25) is 0 Å². The molecule has 9 aromatic carbocycles. The summed E-state index contributed by atoms with van der Waals surface area (Å²) in [6.45, 7) is 0. The SMILES string of the molecule is c1ccc(-c2ccccc2-c2ccccc2N(c2ccc(-c3cccc(-c4ccc5ccccc5c4)c3)cc2)c2ccc3sc4ccccc4c3c2)cc1. The topological polar surface area (TPSA) is 3.24 Å². The number of benzene rings is 9. The van der Waals surface area contributed by atoms with Gasteiger partial charge in [-0.3, -0.25) is 0 Å².